The SMILES string of the molecule is CCC(O)(Cc1ccccc1)C1CCC(C)C(C)C1. The zero-order chi connectivity index (χ0) is 13.9. The molecule has 1 fully saturated rings. The Balaban J connectivity index is 2.09. The van der Waals surface area contributed by atoms with E-state index in [-0.39, 0.29) is 0 Å². The predicted molar refractivity (Wildman–Crippen MR) is 81.1 cm³/mol. The maximum absolute atomic E-state index is 11.1. The smallest absolute Gasteiger partial charge is 0.0713 e. The van der Waals surface area contributed by atoms with Crippen LogP contribution in [0, 0.1) is 17.8 Å². The zero-order valence-corrected chi connectivity index (χ0v) is 12.6. The minimum atomic E-state index is -0.518. The number of hydrogen-bond donors (Lipinski definition) is 1. The lowest BCUT2D eigenvalue weighted by Crippen LogP contribution is -2.43. The van der Waals surface area contributed by atoms with Gasteiger partial charge in [-0.05, 0) is 42.6 Å². The Morgan fingerprint density at radius 1 is 1.11 bits per heavy atom. The van der Waals surface area contributed by atoms with Crippen LogP contribution < -0.4 is 0 Å². The van der Waals surface area contributed by atoms with Crippen molar-refractivity contribution >= 4 is 0 Å². The second-order valence-electron chi connectivity index (χ2n) is 6.58. The van der Waals surface area contributed by atoms with Gasteiger partial charge in [0.25, 0.3) is 0 Å². The number of benzene rings is 1. The van der Waals surface area contributed by atoms with Crippen LogP contribution in [0.15, 0.2) is 30.3 Å². The van der Waals surface area contributed by atoms with Gasteiger partial charge in [-0.2, -0.15) is 0 Å². The quantitative estimate of drug-likeness (QED) is 0.848. The monoisotopic (exact) mass is 260 g/mol. The Kier molecular flexibility index (Phi) is 4.67. The minimum absolute atomic E-state index is 0.462. The summed E-state index contributed by atoms with van der Waals surface area (Å²) in [6.07, 6.45) is 5.29. The highest BCUT2D eigenvalue weighted by Crippen LogP contribution is 2.41. The summed E-state index contributed by atoms with van der Waals surface area (Å²) in [5.41, 5.74) is 0.744. The van der Waals surface area contributed by atoms with Gasteiger partial charge in [-0.25, -0.2) is 0 Å². The standard InChI is InChI=1S/C18H28O/c1-4-18(19,13-16-8-6-5-7-9-16)17-11-10-14(2)15(3)12-17/h5-9,14-15,17,19H,4,10-13H2,1-3H3. The summed E-state index contributed by atoms with van der Waals surface area (Å²) in [6, 6.07) is 10.4. The van der Waals surface area contributed by atoms with E-state index in [1.165, 1.54) is 24.8 Å². The molecule has 1 aliphatic carbocycles. The molecule has 0 heterocycles. The van der Waals surface area contributed by atoms with Crippen molar-refractivity contribution in [3.05, 3.63) is 35.9 Å². The Morgan fingerprint density at radius 2 is 1.79 bits per heavy atom. The van der Waals surface area contributed by atoms with Crippen molar-refractivity contribution in [2.24, 2.45) is 17.8 Å². The first kappa shape index (κ1) is 14.6. The summed E-state index contributed by atoms with van der Waals surface area (Å²) in [5.74, 6) is 2.02. The lowest BCUT2D eigenvalue weighted by Gasteiger charge is -2.42. The van der Waals surface area contributed by atoms with E-state index in [0.717, 1.165) is 24.7 Å². The van der Waals surface area contributed by atoms with Gasteiger partial charge in [0.2, 0.25) is 0 Å². The molecule has 1 nitrogen and oxygen atoms in total. The third-order valence-electron chi connectivity index (χ3n) is 5.32. The van der Waals surface area contributed by atoms with Crippen LogP contribution in [0.5, 0.6) is 0 Å². The van der Waals surface area contributed by atoms with E-state index in [2.05, 4.69) is 45.0 Å². The fourth-order valence-corrected chi connectivity index (χ4v) is 3.54. The summed E-state index contributed by atoms with van der Waals surface area (Å²) in [4.78, 5) is 0. The van der Waals surface area contributed by atoms with Crippen LogP contribution in [0.3, 0.4) is 0 Å². The van der Waals surface area contributed by atoms with E-state index in [0.29, 0.717) is 5.92 Å². The minimum Gasteiger partial charge on any atom is -0.389 e. The topological polar surface area (TPSA) is 20.2 Å². The van der Waals surface area contributed by atoms with Crippen LogP contribution in [0.2, 0.25) is 0 Å². The molecule has 1 aromatic carbocycles. The molecular formula is C18H28O. The van der Waals surface area contributed by atoms with Crippen LogP contribution in [-0.2, 0) is 6.42 Å². The van der Waals surface area contributed by atoms with E-state index < -0.39 is 5.60 Å². The molecule has 0 saturated heterocycles. The summed E-state index contributed by atoms with van der Waals surface area (Å²) in [7, 11) is 0. The van der Waals surface area contributed by atoms with Gasteiger partial charge >= 0.3 is 0 Å². The van der Waals surface area contributed by atoms with Crippen molar-refractivity contribution in [1.29, 1.82) is 0 Å². The van der Waals surface area contributed by atoms with Gasteiger partial charge in [0.15, 0.2) is 0 Å². The third kappa shape index (κ3) is 3.39. The van der Waals surface area contributed by atoms with Crippen molar-refractivity contribution in [3.8, 4) is 0 Å². The zero-order valence-electron chi connectivity index (χ0n) is 12.6. The van der Waals surface area contributed by atoms with Crippen molar-refractivity contribution in [2.75, 3.05) is 0 Å². The average Bonchev–Trinajstić information content (AvgIpc) is 2.43. The molecular weight excluding hydrogens is 232 g/mol. The fraction of sp³-hybridized carbons (Fsp3) is 0.667. The maximum Gasteiger partial charge on any atom is 0.0713 e. The van der Waals surface area contributed by atoms with Gasteiger partial charge < -0.3 is 5.11 Å². The van der Waals surface area contributed by atoms with E-state index in [1.54, 1.807) is 0 Å². The Labute approximate surface area is 118 Å². The molecule has 1 saturated carbocycles. The van der Waals surface area contributed by atoms with Crippen LogP contribution in [-0.4, -0.2) is 10.7 Å². The van der Waals surface area contributed by atoms with Gasteiger partial charge in [0.05, 0.1) is 5.60 Å². The van der Waals surface area contributed by atoms with Gasteiger partial charge in [0, 0.05) is 6.42 Å². The molecule has 0 bridgehead atoms. The third-order valence-corrected chi connectivity index (χ3v) is 5.32. The summed E-state index contributed by atoms with van der Waals surface area (Å²) >= 11 is 0. The molecule has 4 unspecified atom stereocenters. The normalized spacial score (nSPS) is 30.8. The number of hydrogen-bond acceptors (Lipinski definition) is 1. The number of aliphatic hydroxyl groups is 1. The fourth-order valence-electron chi connectivity index (χ4n) is 3.54. The van der Waals surface area contributed by atoms with E-state index in [4.69, 9.17) is 0 Å². The molecule has 0 radical (unpaired) electrons. The van der Waals surface area contributed by atoms with E-state index >= 15 is 0 Å². The Hall–Kier alpha value is -0.820. The largest absolute Gasteiger partial charge is 0.389 e. The summed E-state index contributed by atoms with van der Waals surface area (Å²) in [5, 5.41) is 11.1. The number of rotatable bonds is 4. The molecule has 0 amide bonds. The highest BCUT2D eigenvalue weighted by Gasteiger charge is 2.38. The molecule has 0 aliphatic heterocycles. The summed E-state index contributed by atoms with van der Waals surface area (Å²) in [6.45, 7) is 6.82. The van der Waals surface area contributed by atoms with Crippen LogP contribution >= 0.6 is 0 Å². The highest BCUT2D eigenvalue weighted by atomic mass is 16.3. The highest BCUT2D eigenvalue weighted by molar-refractivity contribution is 5.17. The molecule has 19 heavy (non-hydrogen) atoms. The Bertz CT molecular complexity index is 386. The van der Waals surface area contributed by atoms with Crippen LogP contribution in [0.25, 0.3) is 0 Å². The van der Waals surface area contributed by atoms with Crippen molar-refractivity contribution in [1.82, 2.24) is 0 Å². The molecule has 1 aromatic rings. The van der Waals surface area contributed by atoms with Gasteiger partial charge in [-0.3, -0.25) is 0 Å². The van der Waals surface area contributed by atoms with Crippen molar-refractivity contribution in [3.63, 3.8) is 0 Å². The second kappa shape index (κ2) is 6.09. The van der Waals surface area contributed by atoms with Gasteiger partial charge in [-0.1, -0.05) is 57.5 Å². The molecule has 2 rings (SSSR count). The molecule has 0 aromatic heterocycles. The molecule has 106 valence electrons. The first-order chi connectivity index (χ1) is 9.05. The average molecular weight is 260 g/mol. The predicted octanol–water partition coefficient (Wildman–Crippen LogP) is 4.44. The van der Waals surface area contributed by atoms with E-state index in [1.807, 2.05) is 6.07 Å². The molecule has 1 heteroatoms. The van der Waals surface area contributed by atoms with Crippen molar-refractivity contribution < 1.29 is 5.11 Å². The van der Waals surface area contributed by atoms with Crippen LogP contribution in [0.4, 0.5) is 0 Å². The van der Waals surface area contributed by atoms with Crippen LogP contribution in [0.1, 0.15) is 52.0 Å². The first-order valence-corrected chi connectivity index (χ1v) is 7.81. The molecule has 4 atom stereocenters. The summed E-state index contributed by atoms with van der Waals surface area (Å²) < 4.78 is 0. The second-order valence-corrected chi connectivity index (χ2v) is 6.58. The molecule has 0 spiro atoms. The lowest BCUT2D eigenvalue weighted by molar-refractivity contribution is -0.0496. The molecule has 1 aliphatic rings. The molecule has 1 N–H and O–H groups in total. The van der Waals surface area contributed by atoms with E-state index in [9.17, 15) is 5.11 Å². The van der Waals surface area contributed by atoms with Crippen molar-refractivity contribution in [2.45, 2.75) is 58.5 Å². The lowest BCUT2D eigenvalue weighted by atomic mass is 9.67. The Morgan fingerprint density at radius 3 is 2.37 bits per heavy atom. The van der Waals surface area contributed by atoms with Gasteiger partial charge in [-0.15, -0.1) is 0 Å². The first-order valence-electron chi connectivity index (χ1n) is 7.81. The maximum atomic E-state index is 11.1. The van der Waals surface area contributed by atoms with Gasteiger partial charge in [0.1, 0.15) is 0 Å².